The van der Waals surface area contributed by atoms with Gasteiger partial charge in [-0.05, 0) is 0 Å². The number of thioether (sulfide) groups is 1. The van der Waals surface area contributed by atoms with Gasteiger partial charge in [0.1, 0.15) is 4.11 Å². The Kier molecular flexibility index (Phi) is 4.02. The average molecular weight is 386 g/mol. The Morgan fingerprint density at radius 3 is 2.90 bits per heavy atom. The van der Waals surface area contributed by atoms with Gasteiger partial charge >= 0.3 is 5.97 Å². The Labute approximate surface area is 90.4 Å². The zero-order chi connectivity index (χ0) is 7.56. The average Bonchev–Trinajstić information content (AvgIpc) is 2.34. The van der Waals surface area contributed by atoms with Crippen molar-refractivity contribution in [3.8, 4) is 0 Å². The lowest BCUT2D eigenvalue weighted by Crippen LogP contribution is -2.17. The van der Waals surface area contributed by atoms with Crippen LogP contribution >= 0.6 is 57.4 Å². The minimum atomic E-state index is -0.404. The molecule has 1 aliphatic rings. The fourth-order valence-corrected chi connectivity index (χ4v) is 2.86. The molecule has 58 valence electrons. The van der Waals surface area contributed by atoms with Crippen LogP contribution in [-0.2, 0) is 12.6 Å². The molecule has 10 heavy (non-hydrogen) atoms. The van der Waals surface area contributed by atoms with Gasteiger partial charge in [-0.1, -0.05) is 22.6 Å². The van der Waals surface area contributed by atoms with Crippen LogP contribution in [0.15, 0.2) is 0 Å². The molecule has 0 aliphatic carbocycles. The quantitative estimate of drug-likeness (QED) is 0.508. The highest BCUT2D eigenvalue weighted by atomic mass is 127. The molecule has 2 atom stereocenters. The van der Waals surface area contributed by atoms with Gasteiger partial charge in [-0.25, -0.2) is 4.79 Å². The molecule has 1 fully saturated rings. The second-order valence-corrected chi connectivity index (χ2v) is 4.53. The summed E-state index contributed by atoms with van der Waals surface area (Å²) in [6.07, 6.45) is 0. The molecule has 0 unspecified atom stereocenters. The van der Waals surface area contributed by atoms with Crippen LogP contribution in [0, 0.1) is 0 Å². The van der Waals surface area contributed by atoms with E-state index in [4.69, 9.17) is 4.74 Å². The molecular weight excluding hydrogens is 382 g/mol. The van der Waals surface area contributed by atoms with Crippen LogP contribution < -0.4 is 0 Å². The van der Waals surface area contributed by atoms with Gasteiger partial charge in [0, 0.05) is 5.75 Å². The smallest absolute Gasteiger partial charge is 0.355 e. The van der Waals surface area contributed by atoms with Crippen molar-refractivity contribution >= 4 is 63.3 Å². The van der Waals surface area contributed by atoms with E-state index in [1.165, 1.54) is 11.8 Å². The summed E-state index contributed by atoms with van der Waals surface area (Å²) in [7, 11) is 0. The lowest BCUT2D eigenvalue weighted by Gasteiger charge is -2.03. The number of hydrogen-bond donors (Lipinski definition) is 0. The fourth-order valence-electron chi connectivity index (χ4n) is 0.536. The van der Waals surface area contributed by atoms with Crippen molar-refractivity contribution in [3.63, 3.8) is 0 Å². The normalized spacial score (nSPS) is 32.2. The molecule has 0 aromatic heterocycles. The van der Waals surface area contributed by atoms with E-state index in [0.29, 0.717) is 0 Å². The Hall–Kier alpha value is 1.24. The molecule has 1 saturated heterocycles. The molecule has 0 aromatic rings. The highest BCUT2D eigenvalue weighted by molar-refractivity contribution is 14.1. The van der Waals surface area contributed by atoms with Gasteiger partial charge in [-0.2, -0.15) is 0 Å². The van der Waals surface area contributed by atoms with Gasteiger partial charge < -0.3 is 7.80 Å². The first-order valence-corrected chi connectivity index (χ1v) is 5.65. The molecule has 0 bridgehead atoms. The number of ether oxygens (including phenoxy) is 1. The predicted octanol–water partition coefficient (Wildman–Crippen LogP) is 1.73. The number of halogens is 2. The molecule has 0 N–H and O–H groups in total. The largest absolute Gasteiger partial charge is 0.392 e. The number of hydrogen-bond acceptors (Lipinski definition) is 4. The third kappa shape index (κ3) is 2.38. The van der Waals surface area contributed by atoms with Crippen LogP contribution in [0.25, 0.3) is 0 Å². The maximum absolute atomic E-state index is 10.8. The Morgan fingerprint density at radius 1 is 1.80 bits per heavy atom. The number of rotatable bonds is 1. The van der Waals surface area contributed by atoms with Crippen LogP contribution in [0.4, 0.5) is 0 Å². The standard InChI is InChI=1S/C4H4I2O3S/c5-2-1-10-4(8-2)3(7)9-6/h2,4H,1H2/t2-,4-/m1/s1. The Morgan fingerprint density at radius 2 is 2.50 bits per heavy atom. The molecule has 3 nitrogen and oxygen atoms in total. The van der Waals surface area contributed by atoms with E-state index in [1.54, 1.807) is 23.0 Å². The molecule has 6 heteroatoms. The molecule has 1 aliphatic heterocycles. The highest BCUT2D eigenvalue weighted by Crippen LogP contribution is 2.29. The fraction of sp³-hybridized carbons (Fsp3) is 0.750. The zero-order valence-corrected chi connectivity index (χ0v) is 9.88. The Balaban J connectivity index is 2.37. The molecule has 0 amide bonds. The van der Waals surface area contributed by atoms with Crippen LogP contribution in [0.3, 0.4) is 0 Å². The van der Waals surface area contributed by atoms with Crippen LogP contribution in [0.5, 0.6) is 0 Å². The zero-order valence-electron chi connectivity index (χ0n) is 4.75. The monoisotopic (exact) mass is 386 g/mol. The number of carbonyl (C=O) groups is 1. The molecule has 1 heterocycles. The minimum Gasteiger partial charge on any atom is -0.392 e. The minimum absolute atomic E-state index is 0.142. The van der Waals surface area contributed by atoms with Crippen LogP contribution in [-0.4, -0.2) is 21.3 Å². The van der Waals surface area contributed by atoms with Gasteiger partial charge in [0.05, 0.1) is 0 Å². The van der Waals surface area contributed by atoms with Gasteiger partial charge in [-0.3, -0.25) is 0 Å². The van der Waals surface area contributed by atoms with Gasteiger partial charge in [-0.15, -0.1) is 11.8 Å². The lowest BCUT2D eigenvalue weighted by molar-refractivity contribution is -0.137. The summed E-state index contributed by atoms with van der Waals surface area (Å²) in [6, 6.07) is 0. The van der Waals surface area contributed by atoms with Crippen molar-refractivity contribution in [2.75, 3.05) is 5.75 Å². The summed E-state index contributed by atoms with van der Waals surface area (Å²) in [4.78, 5) is 10.8. The van der Waals surface area contributed by atoms with E-state index in [0.717, 1.165) is 5.75 Å². The van der Waals surface area contributed by atoms with E-state index in [9.17, 15) is 4.79 Å². The first-order valence-electron chi connectivity index (χ1n) is 2.47. The second kappa shape index (κ2) is 4.31. The number of alkyl halides is 1. The predicted molar refractivity (Wildman–Crippen MR) is 55.3 cm³/mol. The molecule has 0 aromatic carbocycles. The third-order valence-electron chi connectivity index (χ3n) is 0.918. The summed E-state index contributed by atoms with van der Waals surface area (Å²) in [5, 5.41) is 0. The maximum atomic E-state index is 10.8. The molecule has 0 saturated carbocycles. The Bertz CT molecular complexity index is 142. The van der Waals surface area contributed by atoms with Crippen molar-refractivity contribution in [3.05, 3.63) is 0 Å². The van der Waals surface area contributed by atoms with Crippen LogP contribution in [0.2, 0.25) is 0 Å². The lowest BCUT2D eigenvalue weighted by atomic mass is 10.7. The van der Waals surface area contributed by atoms with Gasteiger partial charge in [0.2, 0.25) is 5.44 Å². The highest BCUT2D eigenvalue weighted by Gasteiger charge is 2.30. The first-order chi connectivity index (χ1) is 4.74. The number of carbonyl (C=O) groups excluding carboxylic acids is 1. The summed E-state index contributed by atoms with van der Waals surface area (Å²) < 4.78 is 9.79. The third-order valence-corrected chi connectivity index (χ3v) is 3.79. The molecule has 0 spiro atoms. The maximum Gasteiger partial charge on any atom is 0.355 e. The van der Waals surface area contributed by atoms with Crippen molar-refractivity contribution in [1.82, 2.24) is 0 Å². The topological polar surface area (TPSA) is 35.5 Å². The van der Waals surface area contributed by atoms with E-state index < -0.39 is 5.44 Å². The van der Waals surface area contributed by atoms with Crippen molar-refractivity contribution < 1.29 is 12.6 Å². The van der Waals surface area contributed by atoms with Gasteiger partial charge in [0.25, 0.3) is 0 Å². The van der Waals surface area contributed by atoms with Crippen molar-refractivity contribution in [2.24, 2.45) is 0 Å². The van der Waals surface area contributed by atoms with E-state index in [1.807, 2.05) is 0 Å². The molecule has 0 radical (unpaired) electrons. The SMILES string of the molecule is O=C(OI)[C@@H]1O[C@@H](I)CS1. The summed E-state index contributed by atoms with van der Waals surface area (Å²) in [6.45, 7) is 0. The van der Waals surface area contributed by atoms with Crippen LogP contribution in [0.1, 0.15) is 0 Å². The van der Waals surface area contributed by atoms with Gasteiger partial charge in [0.15, 0.2) is 23.0 Å². The van der Waals surface area contributed by atoms with E-state index >= 15 is 0 Å². The van der Waals surface area contributed by atoms with E-state index in [-0.39, 0.29) is 10.1 Å². The van der Waals surface area contributed by atoms with E-state index in [2.05, 4.69) is 25.7 Å². The summed E-state index contributed by atoms with van der Waals surface area (Å²) >= 11 is 5.18. The molecule has 1 rings (SSSR count). The summed E-state index contributed by atoms with van der Waals surface area (Å²) in [5.41, 5.74) is -0.404. The molecular formula is C4H4I2O3S. The summed E-state index contributed by atoms with van der Waals surface area (Å²) in [5.74, 6) is 0.557. The first kappa shape index (κ1) is 9.33. The second-order valence-electron chi connectivity index (χ2n) is 1.61. The van der Waals surface area contributed by atoms with Crippen molar-refractivity contribution in [1.29, 1.82) is 0 Å². The van der Waals surface area contributed by atoms with Crippen molar-refractivity contribution in [2.45, 2.75) is 9.55 Å².